The fraction of sp³-hybridized carbons (Fsp3) is 0.429. The van der Waals surface area contributed by atoms with E-state index in [0.717, 1.165) is 22.9 Å². The van der Waals surface area contributed by atoms with Gasteiger partial charge in [-0.25, -0.2) is 4.68 Å². The van der Waals surface area contributed by atoms with Crippen molar-refractivity contribution in [3.05, 3.63) is 34.4 Å². The summed E-state index contributed by atoms with van der Waals surface area (Å²) in [4.78, 5) is 0. The molecule has 0 fully saturated rings. The lowest BCUT2D eigenvalue weighted by atomic mass is 10.2. The zero-order valence-electron chi connectivity index (χ0n) is 12.6. The number of aryl methyl sites for hydroxylation is 1. The monoisotopic (exact) mass is 308 g/mol. The Labute approximate surface area is 129 Å². The fourth-order valence-corrected chi connectivity index (χ4v) is 2.15. The maximum Gasteiger partial charge on any atom is 0.214 e. The lowest BCUT2D eigenvalue weighted by molar-refractivity contribution is 0.230. The van der Waals surface area contributed by atoms with Crippen LogP contribution < -0.4 is 14.9 Å². The van der Waals surface area contributed by atoms with Crippen LogP contribution >= 0.6 is 12.2 Å². The van der Waals surface area contributed by atoms with Gasteiger partial charge in [-0.05, 0) is 50.7 Å². The van der Waals surface area contributed by atoms with Crippen molar-refractivity contribution in [3.8, 4) is 11.5 Å². The van der Waals surface area contributed by atoms with Crippen molar-refractivity contribution in [2.24, 2.45) is 0 Å². The molecule has 0 saturated carbocycles. The normalized spacial score (nSPS) is 10.7. The average Bonchev–Trinajstić information content (AvgIpc) is 2.76. The van der Waals surface area contributed by atoms with Crippen LogP contribution in [-0.4, -0.2) is 28.1 Å². The molecule has 2 rings (SSSR count). The van der Waals surface area contributed by atoms with Crippen LogP contribution in [0.5, 0.6) is 11.5 Å². The number of hydrogen-bond donors (Lipinski definition) is 2. The van der Waals surface area contributed by atoms with Gasteiger partial charge in [0.25, 0.3) is 0 Å². The second kappa shape index (κ2) is 6.62. The maximum absolute atomic E-state index is 5.70. The summed E-state index contributed by atoms with van der Waals surface area (Å²) in [5, 5.41) is 6.78. The third-order valence-corrected chi connectivity index (χ3v) is 3.15. The molecule has 114 valence electrons. The first-order valence-corrected chi connectivity index (χ1v) is 7.13. The van der Waals surface area contributed by atoms with E-state index in [2.05, 4.69) is 15.6 Å². The SMILES string of the molecule is COc1cc(CNn2c(C)n[nH]c2=S)ccc1OC(C)C. The van der Waals surface area contributed by atoms with Gasteiger partial charge in [0.1, 0.15) is 5.82 Å². The highest BCUT2D eigenvalue weighted by Gasteiger charge is 2.08. The molecular formula is C14H20N4O2S. The number of ether oxygens (including phenoxy) is 2. The first-order valence-electron chi connectivity index (χ1n) is 6.72. The second-order valence-electron chi connectivity index (χ2n) is 4.90. The third kappa shape index (κ3) is 3.75. The highest BCUT2D eigenvalue weighted by atomic mass is 32.1. The molecule has 7 heteroatoms. The minimum Gasteiger partial charge on any atom is -0.493 e. The van der Waals surface area contributed by atoms with Crippen molar-refractivity contribution < 1.29 is 9.47 Å². The molecule has 0 spiro atoms. The Morgan fingerprint density at radius 2 is 2.14 bits per heavy atom. The zero-order chi connectivity index (χ0) is 15.4. The standard InChI is InChI=1S/C14H20N4O2S/c1-9(2)20-12-6-5-11(7-13(12)19-4)8-15-18-10(3)16-17-14(18)21/h5-7,9,15H,8H2,1-4H3,(H,17,21). The van der Waals surface area contributed by atoms with E-state index < -0.39 is 0 Å². The average molecular weight is 308 g/mol. The van der Waals surface area contributed by atoms with Gasteiger partial charge < -0.3 is 14.9 Å². The summed E-state index contributed by atoms with van der Waals surface area (Å²) in [6, 6.07) is 5.85. The summed E-state index contributed by atoms with van der Waals surface area (Å²) in [6.45, 7) is 6.45. The minimum absolute atomic E-state index is 0.106. The molecule has 0 amide bonds. The zero-order valence-corrected chi connectivity index (χ0v) is 13.5. The Bertz CT molecular complexity index is 663. The highest BCUT2D eigenvalue weighted by Crippen LogP contribution is 2.29. The van der Waals surface area contributed by atoms with Crippen LogP contribution in [0.25, 0.3) is 0 Å². The summed E-state index contributed by atoms with van der Waals surface area (Å²) in [5.41, 5.74) is 4.27. The predicted molar refractivity (Wildman–Crippen MR) is 84.0 cm³/mol. The van der Waals surface area contributed by atoms with Crippen molar-refractivity contribution >= 4 is 12.2 Å². The summed E-state index contributed by atoms with van der Waals surface area (Å²) < 4.78 is 13.3. The number of rotatable bonds is 6. The quantitative estimate of drug-likeness (QED) is 0.803. The van der Waals surface area contributed by atoms with Gasteiger partial charge >= 0.3 is 0 Å². The molecule has 0 radical (unpaired) electrons. The number of aromatic nitrogens is 3. The largest absolute Gasteiger partial charge is 0.493 e. The molecule has 0 aliphatic rings. The van der Waals surface area contributed by atoms with E-state index in [1.54, 1.807) is 11.8 Å². The van der Waals surface area contributed by atoms with Crippen LogP contribution in [0.4, 0.5) is 0 Å². The van der Waals surface area contributed by atoms with Gasteiger partial charge in [-0.15, -0.1) is 0 Å². The van der Waals surface area contributed by atoms with Crippen molar-refractivity contribution in [2.45, 2.75) is 33.4 Å². The fourth-order valence-electron chi connectivity index (χ4n) is 1.91. The lowest BCUT2D eigenvalue weighted by Gasteiger charge is -2.15. The van der Waals surface area contributed by atoms with Crippen molar-refractivity contribution in [1.29, 1.82) is 0 Å². The van der Waals surface area contributed by atoms with Gasteiger partial charge in [-0.2, -0.15) is 5.10 Å². The number of aromatic amines is 1. The first-order chi connectivity index (χ1) is 10.0. The summed E-state index contributed by atoms with van der Waals surface area (Å²) in [7, 11) is 1.63. The molecule has 0 aliphatic heterocycles. The van der Waals surface area contributed by atoms with E-state index in [4.69, 9.17) is 21.7 Å². The number of nitrogens with one attached hydrogen (secondary N) is 2. The van der Waals surface area contributed by atoms with Gasteiger partial charge in [0.15, 0.2) is 11.5 Å². The molecular weight excluding hydrogens is 288 g/mol. The molecule has 6 nitrogen and oxygen atoms in total. The van der Waals surface area contributed by atoms with Gasteiger partial charge in [0.2, 0.25) is 4.77 Å². The van der Waals surface area contributed by atoms with Crippen LogP contribution in [0.15, 0.2) is 18.2 Å². The molecule has 0 unspecified atom stereocenters. The number of hydrogen-bond acceptors (Lipinski definition) is 5. The molecule has 1 aromatic carbocycles. The van der Waals surface area contributed by atoms with E-state index in [-0.39, 0.29) is 6.10 Å². The minimum atomic E-state index is 0.106. The first kappa shape index (κ1) is 15.4. The van der Waals surface area contributed by atoms with Crippen molar-refractivity contribution in [3.63, 3.8) is 0 Å². The van der Waals surface area contributed by atoms with Gasteiger partial charge in [-0.1, -0.05) is 6.07 Å². The smallest absolute Gasteiger partial charge is 0.214 e. The van der Waals surface area contributed by atoms with Crippen LogP contribution in [-0.2, 0) is 6.54 Å². The number of H-pyrrole nitrogens is 1. The number of benzene rings is 1. The Morgan fingerprint density at radius 1 is 1.38 bits per heavy atom. The van der Waals surface area contributed by atoms with Gasteiger partial charge in [-0.3, -0.25) is 5.10 Å². The van der Waals surface area contributed by atoms with Crippen molar-refractivity contribution in [1.82, 2.24) is 14.9 Å². The molecule has 21 heavy (non-hydrogen) atoms. The Kier molecular flexibility index (Phi) is 4.85. The molecule has 2 aromatic rings. The molecule has 0 saturated heterocycles. The highest BCUT2D eigenvalue weighted by molar-refractivity contribution is 7.71. The predicted octanol–water partition coefficient (Wildman–Crippen LogP) is 2.79. The van der Waals surface area contributed by atoms with Gasteiger partial charge in [0, 0.05) is 0 Å². The summed E-state index contributed by atoms with van der Waals surface area (Å²) in [5.74, 6) is 2.24. The maximum atomic E-state index is 5.70. The Hall–Kier alpha value is -2.02. The topological polar surface area (TPSA) is 64.1 Å². The molecule has 1 aromatic heterocycles. The van der Waals surface area contributed by atoms with Crippen LogP contribution in [0, 0.1) is 11.7 Å². The molecule has 0 atom stereocenters. The van der Waals surface area contributed by atoms with Crippen LogP contribution in [0.1, 0.15) is 25.2 Å². The van der Waals surface area contributed by atoms with Crippen LogP contribution in [0.2, 0.25) is 0 Å². The summed E-state index contributed by atoms with van der Waals surface area (Å²) >= 11 is 5.14. The number of methoxy groups -OCH3 is 1. The van der Waals surface area contributed by atoms with E-state index in [1.807, 2.05) is 39.0 Å². The summed E-state index contributed by atoms with van der Waals surface area (Å²) in [6.07, 6.45) is 0.106. The molecule has 0 bridgehead atoms. The molecule has 2 N–H and O–H groups in total. The van der Waals surface area contributed by atoms with E-state index in [1.165, 1.54) is 0 Å². The van der Waals surface area contributed by atoms with E-state index in [0.29, 0.717) is 11.3 Å². The van der Waals surface area contributed by atoms with Gasteiger partial charge in [0.05, 0.1) is 19.8 Å². The Balaban J connectivity index is 2.12. The van der Waals surface area contributed by atoms with E-state index in [9.17, 15) is 0 Å². The molecule has 0 aliphatic carbocycles. The van der Waals surface area contributed by atoms with Crippen molar-refractivity contribution in [2.75, 3.05) is 12.5 Å². The Morgan fingerprint density at radius 3 is 2.71 bits per heavy atom. The van der Waals surface area contributed by atoms with E-state index >= 15 is 0 Å². The number of nitrogens with zero attached hydrogens (tertiary/aromatic N) is 2. The molecule has 1 heterocycles. The second-order valence-corrected chi connectivity index (χ2v) is 5.28. The lowest BCUT2D eigenvalue weighted by Crippen LogP contribution is -2.16. The van der Waals surface area contributed by atoms with Crippen LogP contribution in [0.3, 0.4) is 0 Å². The third-order valence-electron chi connectivity index (χ3n) is 2.87.